The highest BCUT2D eigenvalue weighted by Gasteiger charge is 2.30. The van der Waals surface area contributed by atoms with E-state index in [1.807, 2.05) is 7.05 Å². The Kier molecular flexibility index (Phi) is 3.34. The molecule has 0 aromatic heterocycles. The molecule has 0 amide bonds. The molecule has 1 aliphatic rings. The van der Waals surface area contributed by atoms with Crippen molar-refractivity contribution in [3.05, 3.63) is 0 Å². The van der Waals surface area contributed by atoms with Crippen LogP contribution in [-0.2, 0) is 0 Å². The molecule has 0 unspecified atom stereocenters. The van der Waals surface area contributed by atoms with E-state index in [0.717, 1.165) is 18.4 Å². The Morgan fingerprint density at radius 2 is 2.27 bits per heavy atom. The summed E-state index contributed by atoms with van der Waals surface area (Å²) >= 11 is 0. The van der Waals surface area contributed by atoms with E-state index in [9.17, 15) is 0 Å². The van der Waals surface area contributed by atoms with E-state index in [4.69, 9.17) is 0 Å². The molecule has 3 atom stereocenters. The van der Waals surface area contributed by atoms with Crippen molar-refractivity contribution in [3.8, 4) is 0 Å². The van der Waals surface area contributed by atoms with Crippen LogP contribution < -0.4 is 10.6 Å². The summed E-state index contributed by atoms with van der Waals surface area (Å²) in [5.41, 5.74) is 0. The van der Waals surface area contributed by atoms with Crippen LogP contribution in [0.15, 0.2) is 0 Å². The van der Waals surface area contributed by atoms with Gasteiger partial charge in [-0.3, -0.25) is 0 Å². The predicted octanol–water partition coefficient (Wildman–Crippen LogP) is 0.840. The topological polar surface area (TPSA) is 24.1 Å². The van der Waals surface area contributed by atoms with Crippen LogP contribution in [0, 0.1) is 11.8 Å². The van der Waals surface area contributed by atoms with E-state index < -0.39 is 0 Å². The fraction of sp³-hybridized carbons (Fsp3) is 1.00. The molecule has 66 valence electrons. The molecule has 2 heteroatoms. The maximum atomic E-state index is 3.52. The van der Waals surface area contributed by atoms with Gasteiger partial charge in [0.1, 0.15) is 0 Å². The summed E-state index contributed by atoms with van der Waals surface area (Å²) < 4.78 is 0. The van der Waals surface area contributed by atoms with Crippen molar-refractivity contribution in [2.75, 3.05) is 20.1 Å². The first-order valence-corrected chi connectivity index (χ1v) is 4.67. The van der Waals surface area contributed by atoms with Gasteiger partial charge >= 0.3 is 0 Å². The lowest BCUT2D eigenvalue weighted by atomic mass is 9.89. The van der Waals surface area contributed by atoms with Gasteiger partial charge in [-0.25, -0.2) is 0 Å². The third-order valence-corrected chi connectivity index (χ3v) is 2.91. The number of hydrogen-bond acceptors (Lipinski definition) is 2. The molecule has 2 nitrogen and oxygen atoms in total. The van der Waals surface area contributed by atoms with Crippen molar-refractivity contribution in [2.24, 2.45) is 11.8 Å². The minimum Gasteiger partial charge on any atom is -0.319 e. The third-order valence-electron chi connectivity index (χ3n) is 2.91. The highest BCUT2D eigenvalue weighted by molar-refractivity contribution is 4.87. The Morgan fingerprint density at radius 1 is 1.55 bits per heavy atom. The van der Waals surface area contributed by atoms with Gasteiger partial charge in [-0.1, -0.05) is 13.3 Å². The Morgan fingerprint density at radius 3 is 2.82 bits per heavy atom. The van der Waals surface area contributed by atoms with Crippen LogP contribution in [0.5, 0.6) is 0 Å². The van der Waals surface area contributed by atoms with E-state index >= 15 is 0 Å². The summed E-state index contributed by atoms with van der Waals surface area (Å²) in [4.78, 5) is 0. The number of hydrogen-bond donors (Lipinski definition) is 2. The molecule has 0 spiro atoms. The van der Waals surface area contributed by atoms with Gasteiger partial charge in [0, 0.05) is 6.04 Å². The normalized spacial score (nSPS) is 37.9. The van der Waals surface area contributed by atoms with E-state index in [0.29, 0.717) is 6.04 Å². The van der Waals surface area contributed by atoms with Crippen molar-refractivity contribution in [1.82, 2.24) is 10.6 Å². The molecule has 1 heterocycles. The zero-order valence-corrected chi connectivity index (χ0v) is 7.85. The summed E-state index contributed by atoms with van der Waals surface area (Å²) in [6.07, 6.45) is 1.31. The van der Waals surface area contributed by atoms with Gasteiger partial charge < -0.3 is 10.6 Å². The van der Waals surface area contributed by atoms with Crippen LogP contribution in [0.4, 0.5) is 0 Å². The van der Waals surface area contributed by atoms with Crippen LogP contribution in [0.3, 0.4) is 0 Å². The first-order chi connectivity index (χ1) is 5.29. The first kappa shape index (κ1) is 9.01. The fourth-order valence-electron chi connectivity index (χ4n) is 2.07. The van der Waals surface area contributed by atoms with E-state index in [1.165, 1.54) is 13.0 Å². The Hall–Kier alpha value is -0.0800. The van der Waals surface area contributed by atoms with Crippen molar-refractivity contribution >= 4 is 0 Å². The van der Waals surface area contributed by atoms with Crippen molar-refractivity contribution in [1.29, 1.82) is 0 Å². The van der Waals surface area contributed by atoms with Gasteiger partial charge in [0.2, 0.25) is 0 Å². The minimum absolute atomic E-state index is 0.701. The van der Waals surface area contributed by atoms with Gasteiger partial charge in [-0.15, -0.1) is 0 Å². The van der Waals surface area contributed by atoms with Gasteiger partial charge in [0.05, 0.1) is 0 Å². The molecule has 0 radical (unpaired) electrons. The van der Waals surface area contributed by atoms with Crippen molar-refractivity contribution < 1.29 is 0 Å². The van der Waals surface area contributed by atoms with Crippen LogP contribution >= 0.6 is 0 Å². The average Bonchev–Trinajstić information content (AvgIpc) is 2.34. The maximum Gasteiger partial charge on any atom is 0.00823 e. The van der Waals surface area contributed by atoms with Crippen molar-refractivity contribution in [3.63, 3.8) is 0 Å². The molecule has 11 heavy (non-hydrogen) atoms. The van der Waals surface area contributed by atoms with E-state index in [1.54, 1.807) is 0 Å². The highest BCUT2D eigenvalue weighted by Crippen LogP contribution is 2.23. The Labute approximate surface area is 69.8 Å². The second kappa shape index (κ2) is 4.07. The standard InChI is InChI=1S/C9H20N2/c1-4-8-5-11-7(2)9(8)6-10-3/h7-11H,4-6H2,1-3H3/t7-,8+,9-/m0/s1. The zero-order valence-electron chi connectivity index (χ0n) is 7.85. The summed E-state index contributed by atoms with van der Waals surface area (Å²) in [5.74, 6) is 1.72. The maximum absolute atomic E-state index is 3.52. The molecule has 1 saturated heterocycles. The van der Waals surface area contributed by atoms with Crippen LogP contribution in [0.2, 0.25) is 0 Å². The molecule has 0 saturated carbocycles. The molecule has 1 rings (SSSR count). The second-order valence-corrected chi connectivity index (χ2v) is 3.59. The van der Waals surface area contributed by atoms with Crippen LogP contribution in [-0.4, -0.2) is 26.2 Å². The molecular formula is C9H20N2. The van der Waals surface area contributed by atoms with E-state index in [2.05, 4.69) is 24.5 Å². The molecule has 1 aliphatic heterocycles. The zero-order chi connectivity index (χ0) is 8.27. The Bertz CT molecular complexity index is 114. The second-order valence-electron chi connectivity index (χ2n) is 3.59. The summed E-state index contributed by atoms with van der Waals surface area (Å²) in [7, 11) is 2.04. The molecular weight excluding hydrogens is 136 g/mol. The number of rotatable bonds is 3. The molecule has 0 bridgehead atoms. The lowest BCUT2D eigenvalue weighted by Crippen LogP contribution is -2.31. The lowest BCUT2D eigenvalue weighted by Gasteiger charge is -2.19. The first-order valence-electron chi connectivity index (χ1n) is 4.67. The van der Waals surface area contributed by atoms with Crippen LogP contribution in [0.1, 0.15) is 20.3 Å². The van der Waals surface area contributed by atoms with Gasteiger partial charge in [0.25, 0.3) is 0 Å². The molecule has 0 aromatic rings. The lowest BCUT2D eigenvalue weighted by molar-refractivity contribution is 0.356. The van der Waals surface area contributed by atoms with Crippen molar-refractivity contribution in [2.45, 2.75) is 26.3 Å². The smallest absolute Gasteiger partial charge is 0.00823 e. The SMILES string of the molecule is CC[C@@H]1CN[C@@H](C)[C@@H]1CNC. The summed E-state index contributed by atoms with van der Waals surface area (Å²) in [6, 6.07) is 0.701. The highest BCUT2D eigenvalue weighted by atomic mass is 15.0. The summed E-state index contributed by atoms with van der Waals surface area (Å²) in [6.45, 7) is 6.95. The van der Waals surface area contributed by atoms with E-state index in [-0.39, 0.29) is 0 Å². The van der Waals surface area contributed by atoms with Gasteiger partial charge in [-0.2, -0.15) is 0 Å². The minimum atomic E-state index is 0.701. The number of nitrogens with one attached hydrogen (secondary N) is 2. The average molecular weight is 156 g/mol. The molecule has 1 fully saturated rings. The Balaban J connectivity index is 2.42. The monoisotopic (exact) mass is 156 g/mol. The third kappa shape index (κ3) is 1.94. The van der Waals surface area contributed by atoms with Gasteiger partial charge in [0.15, 0.2) is 0 Å². The molecule has 0 aliphatic carbocycles. The predicted molar refractivity (Wildman–Crippen MR) is 48.7 cm³/mol. The van der Waals surface area contributed by atoms with Gasteiger partial charge in [-0.05, 0) is 38.9 Å². The molecule has 0 aromatic carbocycles. The largest absolute Gasteiger partial charge is 0.319 e. The fourth-order valence-corrected chi connectivity index (χ4v) is 2.07. The quantitative estimate of drug-likeness (QED) is 0.633. The molecule has 2 N–H and O–H groups in total. The summed E-state index contributed by atoms with van der Waals surface area (Å²) in [5, 5.41) is 6.78. The van der Waals surface area contributed by atoms with Crippen LogP contribution in [0.25, 0.3) is 0 Å².